The quantitative estimate of drug-likeness (QED) is 0.645. The van der Waals surface area contributed by atoms with Crippen molar-refractivity contribution in [1.82, 2.24) is 10.2 Å². The molecule has 0 bridgehead atoms. The van der Waals surface area contributed by atoms with Crippen molar-refractivity contribution in [3.63, 3.8) is 0 Å². The summed E-state index contributed by atoms with van der Waals surface area (Å²) in [4.78, 5) is 25.5. The first-order valence-corrected chi connectivity index (χ1v) is 8.94. The van der Waals surface area contributed by atoms with Crippen molar-refractivity contribution in [2.24, 2.45) is 0 Å². The van der Waals surface area contributed by atoms with E-state index in [2.05, 4.69) is 5.32 Å². The number of carbonyl (C=O) groups is 2. The first kappa shape index (κ1) is 18.4. The van der Waals surface area contributed by atoms with E-state index in [4.69, 9.17) is 0 Å². The Morgan fingerprint density at radius 1 is 1.19 bits per heavy atom. The lowest BCUT2D eigenvalue weighted by molar-refractivity contribution is -0.128. The Balaban J connectivity index is 1.63. The van der Waals surface area contributed by atoms with Crippen molar-refractivity contribution in [3.05, 3.63) is 48.0 Å². The Hall–Kier alpha value is -2.38. The van der Waals surface area contributed by atoms with E-state index in [1.165, 1.54) is 0 Å². The Kier molecular flexibility index (Phi) is 5.91. The largest absolute Gasteiger partial charge is 0.475 e. The van der Waals surface area contributed by atoms with Gasteiger partial charge in [-0.1, -0.05) is 42.5 Å². The maximum absolute atomic E-state index is 12.2. The lowest BCUT2D eigenvalue weighted by Gasteiger charge is -2.20. The van der Waals surface area contributed by atoms with Gasteiger partial charge in [0.1, 0.15) is 0 Å². The zero-order valence-electron chi connectivity index (χ0n) is 14.6. The molecule has 6 nitrogen and oxygen atoms in total. The van der Waals surface area contributed by atoms with Gasteiger partial charge >= 0.3 is 7.12 Å². The highest BCUT2D eigenvalue weighted by molar-refractivity contribution is 6.43. The molecule has 3 N–H and O–H groups in total. The molecule has 0 unspecified atom stereocenters. The van der Waals surface area contributed by atoms with Gasteiger partial charge in [0.15, 0.2) is 0 Å². The van der Waals surface area contributed by atoms with Gasteiger partial charge in [0, 0.05) is 25.9 Å². The van der Waals surface area contributed by atoms with Crippen molar-refractivity contribution < 1.29 is 19.6 Å². The van der Waals surface area contributed by atoms with Crippen LogP contribution in [-0.4, -0.2) is 52.9 Å². The van der Waals surface area contributed by atoms with E-state index in [1.807, 2.05) is 42.5 Å². The molecule has 0 radical (unpaired) electrons. The van der Waals surface area contributed by atoms with Gasteiger partial charge in [-0.3, -0.25) is 9.59 Å². The van der Waals surface area contributed by atoms with Crippen LogP contribution in [0, 0.1) is 0 Å². The fourth-order valence-corrected chi connectivity index (χ4v) is 3.39. The monoisotopic (exact) mass is 354 g/mol. The lowest BCUT2D eigenvalue weighted by Crippen LogP contribution is -2.48. The highest BCUT2D eigenvalue weighted by Crippen LogP contribution is 2.20. The van der Waals surface area contributed by atoms with Gasteiger partial charge in [-0.25, -0.2) is 0 Å². The number of hydrogen-bond acceptors (Lipinski definition) is 4. The summed E-state index contributed by atoms with van der Waals surface area (Å²) in [6, 6.07) is 13.7. The summed E-state index contributed by atoms with van der Waals surface area (Å²) in [5.74, 6) is -1.02. The van der Waals surface area contributed by atoms with Gasteiger partial charge in [-0.15, -0.1) is 0 Å². The zero-order valence-corrected chi connectivity index (χ0v) is 14.6. The molecule has 7 heteroatoms. The maximum atomic E-state index is 12.2. The highest BCUT2D eigenvalue weighted by Gasteiger charge is 2.27. The minimum absolute atomic E-state index is 0.0762. The molecule has 0 aliphatic carbocycles. The smallest absolute Gasteiger partial charge is 0.426 e. The van der Waals surface area contributed by atoms with Crippen LogP contribution < -0.4 is 5.32 Å². The Morgan fingerprint density at radius 3 is 2.69 bits per heavy atom. The molecule has 2 amide bonds. The maximum Gasteiger partial charge on any atom is 0.475 e. The summed E-state index contributed by atoms with van der Waals surface area (Å²) >= 11 is 0. The van der Waals surface area contributed by atoms with Crippen molar-refractivity contribution in [2.45, 2.75) is 31.6 Å². The van der Waals surface area contributed by atoms with Crippen molar-refractivity contribution >= 4 is 29.7 Å². The normalized spacial score (nSPS) is 15.3. The predicted molar refractivity (Wildman–Crippen MR) is 100 cm³/mol. The lowest BCUT2D eigenvalue weighted by atomic mass is 9.75. The van der Waals surface area contributed by atoms with Crippen LogP contribution >= 0.6 is 0 Å². The van der Waals surface area contributed by atoms with Crippen LogP contribution in [0.1, 0.15) is 24.8 Å². The van der Waals surface area contributed by atoms with E-state index in [9.17, 15) is 19.6 Å². The minimum Gasteiger partial charge on any atom is -0.426 e. The zero-order chi connectivity index (χ0) is 18.5. The van der Waals surface area contributed by atoms with Gasteiger partial charge in [-0.2, -0.15) is 0 Å². The van der Waals surface area contributed by atoms with Gasteiger partial charge in [0.05, 0.1) is 5.94 Å². The molecular weight excluding hydrogens is 331 g/mol. The molecule has 26 heavy (non-hydrogen) atoms. The van der Waals surface area contributed by atoms with Crippen LogP contribution in [-0.2, 0) is 16.0 Å². The second-order valence-corrected chi connectivity index (χ2v) is 6.66. The van der Waals surface area contributed by atoms with E-state index in [1.54, 1.807) is 4.90 Å². The van der Waals surface area contributed by atoms with Gasteiger partial charge in [0.2, 0.25) is 11.8 Å². The topological polar surface area (TPSA) is 89.9 Å². The van der Waals surface area contributed by atoms with E-state index in [0.717, 1.165) is 22.8 Å². The number of benzene rings is 2. The van der Waals surface area contributed by atoms with Crippen LogP contribution in [0.4, 0.5) is 0 Å². The molecule has 1 aliphatic heterocycles. The minimum atomic E-state index is -1.66. The van der Waals surface area contributed by atoms with E-state index in [-0.39, 0.29) is 18.2 Å². The van der Waals surface area contributed by atoms with E-state index in [0.29, 0.717) is 25.9 Å². The summed E-state index contributed by atoms with van der Waals surface area (Å²) in [5, 5.41) is 24.2. The summed E-state index contributed by atoms with van der Waals surface area (Å²) in [6.07, 6.45) is 1.85. The van der Waals surface area contributed by atoms with Crippen molar-refractivity contribution in [1.29, 1.82) is 0 Å². The number of amides is 2. The molecular formula is C19H23BN2O4. The molecule has 136 valence electrons. The third-order valence-electron chi connectivity index (χ3n) is 4.81. The standard InChI is InChI=1S/C19H23BN2O4/c23-18(10-12-22-11-4-9-19(22)24)21-17(20(25)26)13-15-7-3-6-14-5-1-2-8-16(14)15/h1-3,5-8,17,25-26H,4,9-13H2,(H,21,23)/t17-/m0/s1. The first-order valence-electron chi connectivity index (χ1n) is 8.94. The van der Waals surface area contributed by atoms with Gasteiger partial charge < -0.3 is 20.3 Å². The van der Waals surface area contributed by atoms with Crippen LogP contribution in [0.25, 0.3) is 10.8 Å². The Morgan fingerprint density at radius 2 is 1.96 bits per heavy atom. The summed E-state index contributed by atoms with van der Waals surface area (Å²) in [7, 11) is -1.66. The number of likely N-dealkylation sites (tertiary alicyclic amines) is 1. The molecule has 1 saturated heterocycles. The van der Waals surface area contributed by atoms with Crippen LogP contribution in [0.3, 0.4) is 0 Å². The number of rotatable bonds is 7. The summed E-state index contributed by atoms with van der Waals surface area (Å²) in [5.41, 5.74) is 0.941. The SMILES string of the molecule is O=C(CCN1CCCC1=O)N[C@@H](Cc1cccc2ccccc12)B(O)O. The molecule has 3 rings (SSSR count). The van der Waals surface area contributed by atoms with Crippen molar-refractivity contribution in [2.75, 3.05) is 13.1 Å². The first-order chi connectivity index (χ1) is 12.5. The third kappa shape index (κ3) is 4.42. The van der Waals surface area contributed by atoms with Gasteiger partial charge in [-0.05, 0) is 29.2 Å². The number of carbonyl (C=O) groups excluding carboxylic acids is 2. The number of nitrogens with zero attached hydrogens (tertiary/aromatic N) is 1. The van der Waals surface area contributed by atoms with E-state index < -0.39 is 13.1 Å². The van der Waals surface area contributed by atoms with E-state index >= 15 is 0 Å². The fraction of sp³-hybridized carbons (Fsp3) is 0.368. The van der Waals surface area contributed by atoms with Crippen LogP contribution in [0.2, 0.25) is 0 Å². The molecule has 0 spiro atoms. The average molecular weight is 354 g/mol. The van der Waals surface area contributed by atoms with Gasteiger partial charge in [0.25, 0.3) is 0 Å². The Bertz CT molecular complexity index is 791. The summed E-state index contributed by atoms with van der Waals surface area (Å²) < 4.78 is 0. The number of nitrogens with one attached hydrogen (secondary N) is 1. The fourth-order valence-electron chi connectivity index (χ4n) is 3.39. The molecule has 2 aromatic carbocycles. The van der Waals surface area contributed by atoms with Crippen molar-refractivity contribution in [3.8, 4) is 0 Å². The molecule has 1 fully saturated rings. The second-order valence-electron chi connectivity index (χ2n) is 6.66. The highest BCUT2D eigenvalue weighted by atomic mass is 16.4. The predicted octanol–water partition coefficient (Wildman–Crippen LogP) is 0.892. The summed E-state index contributed by atoms with van der Waals surface area (Å²) in [6.45, 7) is 1.06. The molecule has 0 saturated carbocycles. The Labute approximate surface area is 153 Å². The number of hydrogen-bond donors (Lipinski definition) is 3. The second kappa shape index (κ2) is 8.34. The van der Waals surface area contributed by atoms with Crippen LogP contribution in [0.15, 0.2) is 42.5 Å². The molecule has 2 aromatic rings. The average Bonchev–Trinajstić information content (AvgIpc) is 3.04. The molecule has 1 atom stereocenters. The number of fused-ring (bicyclic) bond motifs is 1. The molecule has 1 heterocycles. The third-order valence-corrected chi connectivity index (χ3v) is 4.81. The van der Waals surface area contributed by atoms with Crippen LogP contribution in [0.5, 0.6) is 0 Å². The molecule has 0 aromatic heterocycles. The molecule has 1 aliphatic rings.